The van der Waals surface area contributed by atoms with Gasteiger partial charge in [0.05, 0.1) is 17.9 Å². The Hall–Kier alpha value is -6.55. The molecule has 11 rings (SSSR count). The summed E-state index contributed by atoms with van der Waals surface area (Å²) in [5, 5.41) is 7.79. The summed E-state index contributed by atoms with van der Waals surface area (Å²) in [6.45, 7) is -2.96. The predicted octanol–water partition coefficient (Wildman–Crippen LogP) is 14.4. The second-order valence-electron chi connectivity index (χ2n) is 13.5. The molecular weight excluding hydrogens is 673 g/mol. The number of fused-ring (bicyclic) bond motifs is 7. The minimum absolute atomic E-state index is 0.134. The molecule has 0 radical (unpaired) electrons. The van der Waals surface area contributed by atoms with Crippen molar-refractivity contribution in [2.45, 2.75) is 13.2 Å². The number of benzene rings is 9. The molecule has 54 heavy (non-hydrogen) atoms. The minimum atomic E-state index is -2.96. The summed E-state index contributed by atoms with van der Waals surface area (Å²) < 4.78 is 88.5. The highest BCUT2D eigenvalue weighted by atomic mass is 32.1. The Kier molecular flexibility index (Phi) is 5.11. The van der Waals surface area contributed by atoms with Gasteiger partial charge in [0, 0.05) is 39.1 Å². The normalized spacial score (nSPS) is 15.0. The Balaban J connectivity index is 1.18. The maximum atomic E-state index is 8.91. The van der Waals surface area contributed by atoms with Crippen molar-refractivity contribution in [3.05, 3.63) is 182 Å². The smallest absolute Gasteiger partial charge is 0.114 e. The number of hydrogen-bond donors (Lipinski definition) is 0. The lowest BCUT2D eigenvalue weighted by Crippen LogP contribution is -2.00. The van der Waals surface area contributed by atoms with Crippen LogP contribution in [0.15, 0.2) is 176 Å². The Labute approximate surface area is 331 Å². The van der Waals surface area contributed by atoms with Crippen molar-refractivity contribution in [3.8, 4) is 39.1 Å². The Morgan fingerprint density at radius 2 is 1.31 bits per heavy atom. The van der Waals surface area contributed by atoms with Gasteiger partial charge in [0.25, 0.3) is 0 Å². The summed E-state index contributed by atoms with van der Waals surface area (Å²) in [4.78, 5) is 4.50. The topological polar surface area (TPSA) is 17.8 Å². The van der Waals surface area contributed by atoms with Crippen molar-refractivity contribution < 1.29 is 13.7 Å². The summed E-state index contributed by atoms with van der Waals surface area (Å²) in [7, 11) is 0. The zero-order chi connectivity index (χ0) is 44.4. The highest BCUT2D eigenvalue weighted by Gasteiger charge is 2.21. The van der Waals surface area contributed by atoms with Crippen molar-refractivity contribution in [2.75, 3.05) is 0 Å². The van der Waals surface area contributed by atoms with Crippen molar-refractivity contribution >= 4 is 74.9 Å². The SMILES string of the molecule is [2H]c1c([2H])c([2H])c(-c2ccc3c(-c4ccc5cc(-n6c(C([2H])([2H])C([2H])([2H])[2H])nc7ccccc76)ccc5c4)c4ccccc4c(-c4cccc5sc6ccccc6c45)c3c2)c([2H])c1[2H]. The van der Waals surface area contributed by atoms with Crippen LogP contribution in [0.1, 0.15) is 26.4 Å². The van der Waals surface area contributed by atoms with E-state index in [1.807, 2.05) is 66.7 Å². The molecule has 3 heteroatoms. The zero-order valence-electron chi connectivity index (χ0n) is 38.7. The fraction of sp³-hybridized carbons (Fsp3) is 0.0392. The molecule has 0 saturated carbocycles. The summed E-state index contributed by atoms with van der Waals surface area (Å²) in [5.74, 6) is -0.197. The molecule has 2 heterocycles. The zero-order valence-corrected chi connectivity index (χ0v) is 29.5. The molecule has 2 nitrogen and oxygen atoms in total. The second kappa shape index (κ2) is 12.3. The molecule has 0 spiro atoms. The first-order valence-corrected chi connectivity index (χ1v) is 18.5. The molecule has 0 bridgehead atoms. The van der Waals surface area contributed by atoms with E-state index in [2.05, 4.69) is 65.6 Å². The van der Waals surface area contributed by atoms with Crippen molar-refractivity contribution in [3.63, 3.8) is 0 Å². The molecule has 0 unspecified atom stereocenters. The lowest BCUT2D eigenvalue weighted by atomic mass is 9.83. The minimum Gasteiger partial charge on any atom is -0.296 e. The van der Waals surface area contributed by atoms with Crippen LogP contribution in [-0.2, 0) is 6.37 Å². The molecule has 9 aromatic carbocycles. The maximum Gasteiger partial charge on any atom is 0.114 e. The first-order chi connectivity index (χ1) is 30.7. The molecule has 0 aliphatic rings. The van der Waals surface area contributed by atoms with Crippen molar-refractivity contribution in [1.29, 1.82) is 0 Å². The molecule has 254 valence electrons. The Bertz CT molecular complexity index is 3740. The predicted molar refractivity (Wildman–Crippen MR) is 232 cm³/mol. The van der Waals surface area contributed by atoms with E-state index >= 15 is 0 Å². The third-order valence-electron chi connectivity index (χ3n) is 10.5. The van der Waals surface area contributed by atoms with Crippen LogP contribution in [0.2, 0.25) is 0 Å². The van der Waals surface area contributed by atoms with Gasteiger partial charge >= 0.3 is 0 Å². The number of para-hydroxylation sites is 2. The molecule has 2 aromatic heterocycles. The first-order valence-electron chi connectivity index (χ1n) is 22.7. The maximum absolute atomic E-state index is 8.91. The highest BCUT2D eigenvalue weighted by Crippen LogP contribution is 2.49. The molecule has 0 fully saturated rings. The highest BCUT2D eigenvalue weighted by molar-refractivity contribution is 7.25. The number of nitrogens with zero attached hydrogens (tertiary/aromatic N) is 2. The van der Waals surface area contributed by atoms with Gasteiger partial charge in [-0.15, -0.1) is 11.3 Å². The average Bonchev–Trinajstić information content (AvgIpc) is 3.89. The van der Waals surface area contributed by atoms with Gasteiger partial charge in [-0.1, -0.05) is 134 Å². The third kappa shape index (κ3) is 4.75. The largest absolute Gasteiger partial charge is 0.296 e. The van der Waals surface area contributed by atoms with E-state index < -0.39 is 31.4 Å². The van der Waals surface area contributed by atoms with Crippen LogP contribution in [0, 0.1) is 0 Å². The number of aromatic nitrogens is 2. The van der Waals surface area contributed by atoms with Gasteiger partial charge in [0.2, 0.25) is 0 Å². The van der Waals surface area contributed by atoms with E-state index in [0.717, 1.165) is 70.0 Å². The Morgan fingerprint density at radius 3 is 2.20 bits per heavy atom. The van der Waals surface area contributed by atoms with Crippen LogP contribution in [0.5, 0.6) is 0 Å². The molecule has 0 N–H and O–H groups in total. The summed E-state index contributed by atoms with van der Waals surface area (Å²) in [5.41, 5.74) is 6.19. The van der Waals surface area contributed by atoms with Crippen LogP contribution in [-0.4, -0.2) is 9.55 Å². The van der Waals surface area contributed by atoms with Crippen LogP contribution in [0.25, 0.3) is 103 Å². The van der Waals surface area contributed by atoms with Crippen molar-refractivity contribution in [2.24, 2.45) is 0 Å². The molecule has 0 atom stereocenters. The van der Waals surface area contributed by atoms with Crippen LogP contribution in [0.4, 0.5) is 0 Å². The van der Waals surface area contributed by atoms with Gasteiger partial charge in [-0.05, 0) is 114 Å². The standard InChI is InChI=1S/C51H34N2S/c1-2-48-52-44-19-9-10-20-45(44)53(48)37-27-25-33-29-36(24-23-34(33)30-37)49-38-15-6-7-16-39(38)50(43-31-35(26-28-40(43)49)32-13-4-3-5-14-32)42-18-12-22-47-51(42)41-17-8-11-21-46(41)54-47/h3-31H,2H2,1H3/i1D3,2D2,3D,4D,5D,13D,14D. The van der Waals surface area contributed by atoms with Gasteiger partial charge < -0.3 is 0 Å². The molecule has 0 saturated heterocycles. The molecular formula is C51H34N2S. The van der Waals surface area contributed by atoms with Crippen LogP contribution in [0.3, 0.4) is 0 Å². The van der Waals surface area contributed by atoms with E-state index in [0.29, 0.717) is 22.3 Å². The van der Waals surface area contributed by atoms with Gasteiger partial charge in [-0.25, -0.2) is 4.98 Å². The van der Waals surface area contributed by atoms with E-state index in [4.69, 9.17) is 13.7 Å². The van der Waals surface area contributed by atoms with Gasteiger partial charge in [0.1, 0.15) is 5.82 Å². The lowest BCUT2D eigenvalue weighted by molar-refractivity contribution is 0.909. The number of imidazole rings is 1. The average molecular weight is 717 g/mol. The quantitative estimate of drug-likeness (QED) is 0.162. The fourth-order valence-electron chi connectivity index (χ4n) is 8.21. The summed E-state index contributed by atoms with van der Waals surface area (Å²) in [6.07, 6.45) is -2.73. The third-order valence-corrected chi connectivity index (χ3v) is 11.7. The second-order valence-corrected chi connectivity index (χ2v) is 14.5. The van der Waals surface area contributed by atoms with Gasteiger partial charge in [-0.3, -0.25) is 4.57 Å². The molecule has 11 aromatic rings. The number of rotatable bonds is 5. The number of thiophene rings is 1. The number of hydrogen-bond acceptors (Lipinski definition) is 2. The monoisotopic (exact) mass is 716 g/mol. The van der Waals surface area contributed by atoms with E-state index in [1.54, 1.807) is 34.1 Å². The van der Waals surface area contributed by atoms with Crippen LogP contribution >= 0.6 is 11.3 Å². The molecule has 0 amide bonds. The fourth-order valence-corrected chi connectivity index (χ4v) is 9.34. The Morgan fingerprint density at radius 1 is 0.593 bits per heavy atom. The van der Waals surface area contributed by atoms with E-state index in [-0.39, 0.29) is 23.5 Å². The van der Waals surface area contributed by atoms with Gasteiger partial charge in [-0.2, -0.15) is 0 Å². The molecule has 0 aliphatic carbocycles. The van der Waals surface area contributed by atoms with E-state index in [9.17, 15) is 0 Å². The molecule has 0 aliphatic heterocycles. The van der Waals surface area contributed by atoms with Gasteiger partial charge in [0.15, 0.2) is 0 Å². The van der Waals surface area contributed by atoms with Crippen LogP contribution < -0.4 is 0 Å². The van der Waals surface area contributed by atoms with E-state index in [1.165, 1.54) is 4.70 Å². The van der Waals surface area contributed by atoms with Crippen molar-refractivity contribution in [1.82, 2.24) is 9.55 Å². The first kappa shape index (κ1) is 22.5. The lowest BCUT2D eigenvalue weighted by Gasteiger charge is -2.20. The summed E-state index contributed by atoms with van der Waals surface area (Å²) >= 11 is 1.74. The summed E-state index contributed by atoms with van der Waals surface area (Å²) in [6, 6.07) is 46.2. The number of aryl methyl sites for hydroxylation is 1.